The van der Waals surface area contributed by atoms with Crippen LogP contribution in [0.3, 0.4) is 0 Å². The van der Waals surface area contributed by atoms with E-state index in [4.69, 9.17) is 14.2 Å². The molecule has 0 N–H and O–H groups in total. The first-order chi connectivity index (χ1) is 12.0. The van der Waals surface area contributed by atoms with Gasteiger partial charge in [-0.05, 0) is 29.8 Å². The summed E-state index contributed by atoms with van der Waals surface area (Å²) in [7, 11) is 3.39. The monoisotopic (exact) mass is 344 g/mol. The zero-order valence-electron chi connectivity index (χ0n) is 13.7. The maximum Gasteiger partial charge on any atom is 0.338 e. The van der Waals surface area contributed by atoms with Crippen molar-refractivity contribution in [2.45, 2.75) is 6.61 Å². The Morgan fingerprint density at radius 3 is 2.68 bits per heavy atom. The van der Waals surface area contributed by atoms with Gasteiger partial charge in [0.2, 0.25) is 6.79 Å². The van der Waals surface area contributed by atoms with Gasteiger partial charge in [0.15, 0.2) is 11.5 Å². The van der Waals surface area contributed by atoms with Gasteiger partial charge >= 0.3 is 5.97 Å². The van der Waals surface area contributed by atoms with Crippen molar-refractivity contribution < 1.29 is 23.9 Å². The van der Waals surface area contributed by atoms with Crippen LogP contribution in [0.5, 0.6) is 11.5 Å². The predicted octanol–water partition coefficient (Wildman–Crippen LogP) is 2.75. The van der Waals surface area contributed by atoms with E-state index < -0.39 is 10.9 Å². The first kappa shape index (κ1) is 16.6. The van der Waals surface area contributed by atoms with Crippen LogP contribution in [0.25, 0.3) is 0 Å². The maximum absolute atomic E-state index is 12.2. The third-order valence-electron chi connectivity index (χ3n) is 3.70. The average molecular weight is 344 g/mol. The van der Waals surface area contributed by atoms with Gasteiger partial charge in [0.25, 0.3) is 5.69 Å². The molecule has 1 heterocycles. The number of rotatable bonds is 5. The van der Waals surface area contributed by atoms with E-state index in [9.17, 15) is 14.9 Å². The summed E-state index contributed by atoms with van der Waals surface area (Å²) in [5, 5.41) is 11.2. The zero-order chi connectivity index (χ0) is 18.0. The van der Waals surface area contributed by atoms with Crippen LogP contribution in [0, 0.1) is 10.1 Å². The Balaban J connectivity index is 1.73. The molecule has 1 aliphatic rings. The lowest BCUT2D eigenvalue weighted by atomic mass is 10.1. The molecule has 25 heavy (non-hydrogen) atoms. The van der Waals surface area contributed by atoms with Gasteiger partial charge in [-0.3, -0.25) is 10.1 Å². The Kier molecular flexibility index (Phi) is 4.42. The molecule has 1 aliphatic heterocycles. The van der Waals surface area contributed by atoms with Gasteiger partial charge in [-0.1, -0.05) is 6.07 Å². The molecule has 2 aromatic carbocycles. The zero-order valence-corrected chi connectivity index (χ0v) is 13.7. The Labute approximate surface area is 143 Å². The quantitative estimate of drug-likeness (QED) is 0.468. The molecular formula is C17H16N2O6. The molecule has 0 bridgehead atoms. The van der Waals surface area contributed by atoms with Crippen molar-refractivity contribution in [3.63, 3.8) is 0 Å². The van der Waals surface area contributed by atoms with E-state index in [0.29, 0.717) is 17.2 Å². The fourth-order valence-electron chi connectivity index (χ4n) is 2.44. The standard InChI is InChI=1S/C17H16N2O6/c1-18(2)13-5-4-12(8-14(13)19(21)22)17(20)23-9-11-3-6-15-16(7-11)25-10-24-15/h3-8H,9-10H2,1-2H3. The Morgan fingerprint density at radius 2 is 1.96 bits per heavy atom. The minimum Gasteiger partial charge on any atom is -0.457 e. The third-order valence-corrected chi connectivity index (χ3v) is 3.70. The summed E-state index contributed by atoms with van der Waals surface area (Å²) in [6, 6.07) is 9.48. The number of esters is 1. The molecular weight excluding hydrogens is 328 g/mol. The van der Waals surface area contributed by atoms with Crippen LogP contribution >= 0.6 is 0 Å². The highest BCUT2D eigenvalue weighted by Gasteiger charge is 2.20. The van der Waals surface area contributed by atoms with Crippen LogP contribution in [0.15, 0.2) is 36.4 Å². The number of fused-ring (bicyclic) bond motifs is 1. The van der Waals surface area contributed by atoms with Crippen molar-refractivity contribution in [3.05, 3.63) is 57.6 Å². The fourth-order valence-corrected chi connectivity index (χ4v) is 2.44. The second-order valence-corrected chi connectivity index (χ2v) is 5.62. The summed E-state index contributed by atoms with van der Waals surface area (Å²) in [5.41, 5.74) is 1.12. The number of nitrogens with zero attached hydrogens (tertiary/aromatic N) is 2. The van der Waals surface area contributed by atoms with Crippen molar-refractivity contribution in [3.8, 4) is 11.5 Å². The van der Waals surface area contributed by atoms with Crippen LogP contribution in [0.2, 0.25) is 0 Å². The molecule has 0 spiro atoms. The van der Waals surface area contributed by atoms with Gasteiger partial charge in [0.05, 0.1) is 10.5 Å². The van der Waals surface area contributed by atoms with Crippen LogP contribution < -0.4 is 14.4 Å². The molecule has 0 radical (unpaired) electrons. The minimum atomic E-state index is -0.633. The molecule has 0 aliphatic carbocycles. The lowest BCUT2D eigenvalue weighted by Crippen LogP contribution is -2.12. The molecule has 0 saturated carbocycles. The minimum absolute atomic E-state index is 0.0265. The van der Waals surface area contributed by atoms with Crippen molar-refractivity contribution in [2.24, 2.45) is 0 Å². The molecule has 130 valence electrons. The third kappa shape index (κ3) is 3.47. The SMILES string of the molecule is CN(C)c1ccc(C(=O)OCc2ccc3c(c2)OCO3)cc1[N+](=O)[O-]. The number of carbonyl (C=O) groups is 1. The molecule has 0 amide bonds. The van der Waals surface area contributed by atoms with Gasteiger partial charge in [-0.25, -0.2) is 4.79 Å². The Bertz CT molecular complexity index is 834. The van der Waals surface area contributed by atoms with Crippen LogP contribution in [-0.4, -0.2) is 31.8 Å². The highest BCUT2D eigenvalue weighted by molar-refractivity contribution is 5.91. The number of ether oxygens (including phenoxy) is 3. The maximum atomic E-state index is 12.2. The fraction of sp³-hybridized carbons (Fsp3) is 0.235. The van der Waals surface area contributed by atoms with E-state index in [1.165, 1.54) is 18.2 Å². The van der Waals surface area contributed by atoms with Crippen molar-refractivity contribution >= 4 is 17.3 Å². The van der Waals surface area contributed by atoms with E-state index in [2.05, 4.69) is 0 Å². The number of hydrogen-bond acceptors (Lipinski definition) is 7. The van der Waals surface area contributed by atoms with Crippen molar-refractivity contribution in [1.29, 1.82) is 0 Å². The second kappa shape index (κ2) is 6.68. The number of anilines is 1. The van der Waals surface area contributed by atoms with Gasteiger partial charge < -0.3 is 19.1 Å². The van der Waals surface area contributed by atoms with Crippen molar-refractivity contribution in [1.82, 2.24) is 0 Å². The van der Waals surface area contributed by atoms with E-state index in [1.807, 2.05) is 0 Å². The molecule has 2 aromatic rings. The summed E-state index contributed by atoms with van der Waals surface area (Å²) in [6.45, 7) is 0.194. The average Bonchev–Trinajstić information content (AvgIpc) is 3.06. The summed E-state index contributed by atoms with van der Waals surface area (Å²) in [6.07, 6.45) is 0. The Hall–Kier alpha value is -3.29. The van der Waals surface area contributed by atoms with E-state index >= 15 is 0 Å². The van der Waals surface area contributed by atoms with Crippen LogP contribution in [0.4, 0.5) is 11.4 Å². The summed E-state index contributed by atoms with van der Waals surface area (Å²) in [4.78, 5) is 24.5. The normalized spacial score (nSPS) is 11.9. The second-order valence-electron chi connectivity index (χ2n) is 5.62. The first-order valence-electron chi connectivity index (χ1n) is 7.47. The topological polar surface area (TPSA) is 91.1 Å². The van der Waals surface area contributed by atoms with Gasteiger partial charge in [0.1, 0.15) is 12.3 Å². The van der Waals surface area contributed by atoms with E-state index in [1.54, 1.807) is 37.2 Å². The molecule has 8 heteroatoms. The molecule has 0 atom stereocenters. The molecule has 0 fully saturated rings. The van der Waals surface area contributed by atoms with Crippen LogP contribution in [-0.2, 0) is 11.3 Å². The molecule has 0 saturated heterocycles. The van der Waals surface area contributed by atoms with Gasteiger partial charge in [0, 0.05) is 20.2 Å². The predicted molar refractivity (Wildman–Crippen MR) is 89.1 cm³/mol. The lowest BCUT2D eigenvalue weighted by Gasteiger charge is -2.13. The lowest BCUT2D eigenvalue weighted by molar-refractivity contribution is -0.384. The smallest absolute Gasteiger partial charge is 0.338 e. The number of carbonyl (C=O) groups excluding carboxylic acids is 1. The van der Waals surface area contributed by atoms with E-state index in [-0.39, 0.29) is 24.7 Å². The van der Waals surface area contributed by atoms with Gasteiger partial charge in [-0.15, -0.1) is 0 Å². The molecule has 8 nitrogen and oxygen atoms in total. The Morgan fingerprint density at radius 1 is 1.20 bits per heavy atom. The summed E-state index contributed by atoms with van der Waals surface area (Å²) >= 11 is 0. The number of benzene rings is 2. The molecule has 3 rings (SSSR count). The number of nitro groups is 1. The van der Waals surface area contributed by atoms with E-state index in [0.717, 1.165) is 5.56 Å². The van der Waals surface area contributed by atoms with Gasteiger partial charge in [-0.2, -0.15) is 0 Å². The summed E-state index contributed by atoms with van der Waals surface area (Å²) < 4.78 is 15.7. The summed E-state index contributed by atoms with van der Waals surface area (Å²) in [5.74, 6) is 0.607. The largest absolute Gasteiger partial charge is 0.457 e. The van der Waals surface area contributed by atoms with Crippen LogP contribution in [0.1, 0.15) is 15.9 Å². The molecule has 0 unspecified atom stereocenters. The first-order valence-corrected chi connectivity index (χ1v) is 7.47. The molecule has 0 aromatic heterocycles. The highest BCUT2D eigenvalue weighted by atomic mass is 16.7. The van der Waals surface area contributed by atoms with Crippen molar-refractivity contribution in [2.75, 3.05) is 25.8 Å². The number of hydrogen-bond donors (Lipinski definition) is 0. The number of nitro benzene ring substituents is 1. The highest BCUT2D eigenvalue weighted by Crippen LogP contribution is 2.33.